The van der Waals surface area contributed by atoms with E-state index in [9.17, 15) is 19.4 Å². The molecule has 1 aromatic rings. The molecular weight excluding hydrogens is 247 g/mol. The van der Waals surface area contributed by atoms with Crippen LogP contribution in [0.4, 0.5) is 4.39 Å². The number of benzene rings is 1. The van der Waals surface area contributed by atoms with Crippen molar-refractivity contribution in [2.75, 3.05) is 5.75 Å². The quantitative estimate of drug-likeness (QED) is 0.590. The molecule has 0 bridgehead atoms. The third-order valence-corrected chi connectivity index (χ3v) is 2.66. The van der Waals surface area contributed by atoms with Gasteiger partial charge in [-0.05, 0) is 11.6 Å². The van der Waals surface area contributed by atoms with Crippen molar-refractivity contribution in [2.24, 2.45) is 0 Å². The molecule has 3 N–H and O–H groups in total. The summed E-state index contributed by atoms with van der Waals surface area (Å²) in [5.41, 5.74) is 0.229. The summed E-state index contributed by atoms with van der Waals surface area (Å²) in [5, 5.41) is 27.5. The molecule has 0 spiro atoms. The highest BCUT2D eigenvalue weighted by molar-refractivity contribution is 7.80. The van der Waals surface area contributed by atoms with Crippen LogP contribution in [0.5, 0.6) is 0 Å². The summed E-state index contributed by atoms with van der Waals surface area (Å²) in [6.07, 6.45) is -2.83. The van der Waals surface area contributed by atoms with E-state index in [1.165, 1.54) is 12.1 Å². The third kappa shape index (κ3) is 3.69. The molecule has 0 aliphatic rings. The van der Waals surface area contributed by atoms with Gasteiger partial charge in [-0.25, -0.2) is 4.39 Å². The molecule has 0 fully saturated rings. The second-order valence-corrected chi connectivity index (χ2v) is 3.99. The van der Waals surface area contributed by atoms with E-state index in [1.54, 1.807) is 0 Å². The van der Waals surface area contributed by atoms with Gasteiger partial charge in [0.15, 0.2) is 0 Å². The Balaban J connectivity index is 2.93. The molecular formula is C11H13FO4S. The van der Waals surface area contributed by atoms with Crippen LogP contribution in [0.25, 0.3) is 0 Å². The maximum absolute atomic E-state index is 13.6. The maximum atomic E-state index is 13.6. The number of carboxylic acids is 1. The lowest BCUT2D eigenvalue weighted by atomic mass is 10.0. The minimum Gasteiger partial charge on any atom is -0.481 e. The SMILES string of the molecule is O=C(O)Cc1ccc(C(O)C(O)CS)c(F)c1. The van der Waals surface area contributed by atoms with Crippen LogP contribution in [0, 0.1) is 5.82 Å². The Bertz CT molecular complexity index is 410. The Hall–Kier alpha value is -1.11. The first-order chi connectivity index (χ1) is 7.95. The summed E-state index contributed by atoms with van der Waals surface area (Å²) in [4.78, 5) is 10.4. The average molecular weight is 260 g/mol. The average Bonchev–Trinajstić information content (AvgIpc) is 2.26. The molecule has 4 nitrogen and oxygen atoms in total. The minimum atomic E-state index is -1.37. The Morgan fingerprint density at radius 3 is 2.53 bits per heavy atom. The van der Waals surface area contributed by atoms with Crippen molar-refractivity contribution in [1.29, 1.82) is 0 Å². The fourth-order valence-corrected chi connectivity index (χ4v) is 1.60. The molecule has 94 valence electrons. The highest BCUT2D eigenvalue weighted by atomic mass is 32.1. The topological polar surface area (TPSA) is 77.8 Å². The molecule has 0 amide bonds. The number of thiol groups is 1. The van der Waals surface area contributed by atoms with E-state index < -0.39 is 24.0 Å². The van der Waals surface area contributed by atoms with Crippen LogP contribution >= 0.6 is 12.6 Å². The van der Waals surface area contributed by atoms with Gasteiger partial charge in [0.1, 0.15) is 11.9 Å². The Labute approximate surface area is 103 Å². The number of aliphatic hydroxyl groups is 2. The molecule has 0 saturated heterocycles. The second-order valence-electron chi connectivity index (χ2n) is 3.62. The van der Waals surface area contributed by atoms with Gasteiger partial charge in [0.2, 0.25) is 0 Å². The van der Waals surface area contributed by atoms with Crippen molar-refractivity contribution in [3.63, 3.8) is 0 Å². The van der Waals surface area contributed by atoms with E-state index in [2.05, 4.69) is 12.6 Å². The van der Waals surface area contributed by atoms with Crippen LogP contribution in [-0.2, 0) is 11.2 Å². The summed E-state index contributed by atoms with van der Waals surface area (Å²) in [6.45, 7) is 0. The monoisotopic (exact) mass is 260 g/mol. The van der Waals surface area contributed by atoms with Gasteiger partial charge in [0.05, 0.1) is 12.5 Å². The van der Waals surface area contributed by atoms with E-state index in [0.29, 0.717) is 5.56 Å². The number of halogens is 1. The van der Waals surface area contributed by atoms with Gasteiger partial charge in [0.25, 0.3) is 0 Å². The van der Waals surface area contributed by atoms with Crippen molar-refractivity contribution in [3.05, 3.63) is 35.1 Å². The predicted molar refractivity (Wildman–Crippen MR) is 62.6 cm³/mol. The summed E-state index contributed by atoms with van der Waals surface area (Å²) in [5.74, 6) is -1.80. The molecule has 2 unspecified atom stereocenters. The molecule has 0 heterocycles. The van der Waals surface area contributed by atoms with Gasteiger partial charge < -0.3 is 15.3 Å². The third-order valence-electron chi connectivity index (χ3n) is 2.29. The van der Waals surface area contributed by atoms with E-state index in [0.717, 1.165) is 6.07 Å². The normalized spacial score (nSPS) is 14.4. The lowest BCUT2D eigenvalue weighted by molar-refractivity contribution is -0.136. The highest BCUT2D eigenvalue weighted by Crippen LogP contribution is 2.22. The molecule has 0 saturated carbocycles. The Morgan fingerprint density at radius 2 is 2.06 bits per heavy atom. The van der Waals surface area contributed by atoms with Gasteiger partial charge in [-0.1, -0.05) is 12.1 Å². The van der Waals surface area contributed by atoms with Crippen LogP contribution < -0.4 is 0 Å². The lowest BCUT2D eigenvalue weighted by Crippen LogP contribution is -2.20. The predicted octanol–water partition coefficient (Wildman–Crippen LogP) is 0.777. The van der Waals surface area contributed by atoms with Crippen LogP contribution in [0.1, 0.15) is 17.2 Å². The van der Waals surface area contributed by atoms with Crippen LogP contribution in [0.15, 0.2) is 18.2 Å². The first kappa shape index (κ1) is 14.0. The highest BCUT2D eigenvalue weighted by Gasteiger charge is 2.20. The Morgan fingerprint density at radius 1 is 1.41 bits per heavy atom. The van der Waals surface area contributed by atoms with E-state index in [-0.39, 0.29) is 17.7 Å². The maximum Gasteiger partial charge on any atom is 0.307 e. The number of rotatable bonds is 5. The van der Waals surface area contributed by atoms with Gasteiger partial charge in [-0.2, -0.15) is 12.6 Å². The van der Waals surface area contributed by atoms with Crippen molar-refractivity contribution in [2.45, 2.75) is 18.6 Å². The van der Waals surface area contributed by atoms with Gasteiger partial charge >= 0.3 is 5.97 Å². The first-order valence-corrected chi connectivity index (χ1v) is 5.56. The Kier molecular flexibility index (Phi) is 4.92. The molecule has 1 rings (SSSR count). The summed E-state index contributed by atoms with van der Waals surface area (Å²) in [7, 11) is 0. The van der Waals surface area contributed by atoms with E-state index in [4.69, 9.17) is 5.11 Å². The van der Waals surface area contributed by atoms with Crippen LogP contribution in [0.3, 0.4) is 0 Å². The number of aliphatic hydroxyl groups excluding tert-OH is 2. The largest absolute Gasteiger partial charge is 0.481 e. The van der Waals surface area contributed by atoms with E-state index in [1.807, 2.05) is 0 Å². The fourth-order valence-electron chi connectivity index (χ4n) is 1.40. The molecule has 6 heteroatoms. The number of aliphatic carboxylic acids is 1. The van der Waals surface area contributed by atoms with Gasteiger partial charge in [0, 0.05) is 11.3 Å². The zero-order valence-electron chi connectivity index (χ0n) is 8.88. The van der Waals surface area contributed by atoms with Gasteiger partial charge in [-0.15, -0.1) is 0 Å². The van der Waals surface area contributed by atoms with Crippen LogP contribution in [0.2, 0.25) is 0 Å². The van der Waals surface area contributed by atoms with Crippen molar-refractivity contribution in [1.82, 2.24) is 0 Å². The van der Waals surface area contributed by atoms with Crippen molar-refractivity contribution >= 4 is 18.6 Å². The number of hydrogen-bond acceptors (Lipinski definition) is 4. The molecule has 2 atom stereocenters. The zero-order valence-corrected chi connectivity index (χ0v) is 9.77. The minimum absolute atomic E-state index is 0.00250. The molecule has 0 aliphatic heterocycles. The zero-order chi connectivity index (χ0) is 13.0. The number of hydrogen-bond donors (Lipinski definition) is 4. The van der Waals surface area contributed by atoms with Gasteiger partial charge in [-0.3, -0.25) is 4.79 Å². The van der Waals surface area contributed by atoms with E-state index >= 15 is 0 Å². The van der Waals surface area contributed by atoms with Crippen molar-refractivity contribution < 1.29 is 24.5 Å². The van der Waals surface area contributed by atoms with Crippen molar-refractivity contribution in [3.8, 4) is 0 Å². The fraction of sp³-hybridized carbons (Fsp3) is 0.364. The molecule has 0 aliphatic carbocycles. The molecule has 17 heavy (non-hydrogen) atoms. The van der Waals surface area contributed by atoms with Crippen LogP contribution in [-0.4, -0.2) is 33.1 Å². The molecule has 0 radical (unpaired) electrons. The standard InChI is InChI=1S/C11H13FO4S/c12-8-3-6(4-10(14)15)1-2-7(8)11(16)9(13)5-17/h1-3,9,11,13,16-17H,4-5H2,(H,14,15). The summed E-state index contributed by atoms with van der Waals surface area (Å²) >= 11 is 3.79. The molecule has 0 aromatic heterocycles. The summed E-state index contributed by atoms with van der Waals surface area (Å²) < 4.78 is 13.6. The smallest absolute Gasteiger partial charge is 0.307 e. The lowest BCUT2D eigenvalue weighted by Gasteiger charge is -2.17. The molecule has 1 aromatic carbocycles. The second kappa shape index (κ2) is 6.00. The summed E-state index contributed by atoms with van der Waals surface area (Å²) in [6, 6.07) is 3.71. The first-order valence-electron chi connectivity index (χ1n) is 4.92. The number of carbonyl (C=O) groups is 1. The number of carboxylic acid groups (broad SMARTS) is 1.